The van der Waals surface area contributed by atoms with Crippen molar-refractivity contribution in [2.24, 2.45) is 0 Å². The second-order valence-corrected chi connectivity index (χ2v) is 13.3. The van der Waals surface area contributed by atoms with E-state index < -0.39 is 0 Å². The standard InChI is InChI=1S/C50H33NO/c1-4-17-43-35(11-1)14-10-21-44(43)36-25-29-42(30-26-36)51(48-32-38-12-2-5-18-45(38)46-19-6-7-20-47(46)48)41-27-23-34(24-28-41)37-15-9-16-39(31-37)50-33-40-13-3-8-22-49(40)52-50/h1-33H. The van der Waals surface area contributed by atoms with Crippen LogP contribution < -0.4 is 4.90 Å². The summed E-state index contributed by atoms with van der Waals surface area (Å²) in [4.78, 5) is 2.40. The topological polar surface area (TPSA) is 16.4 Å². The average molecular weight is 664 g/mol. The molecule has 1 aromatic heterocycles. The second kappa shape index (κ2) is 12.5. The lowest BCUT2D eigenvalue weighted by atomic mass is 9.97. The lowest BCUT2D eigenvalue weighted by Gasteiger charge is -2.28. The van der Waals surface area contributed by atoms with Crippen molar-refractivity contribution in [3.8, 4) is 33.6 Å². The molecule has 0 spiro atoms. The van der Waals surface area contributed by atoms with Gasteiger partial charge in [0.25, 0.3) is 0 Å². The summed E-state index contributed by atoms with van der Waals surface area (Å²) in [6.45, 7) is 0. The molecule has 0 saturated carbocycles. The fourth-order valence-electron chi connectivity index (χ4n) is 7.69. The Kier molecular flexibility index (Phi) is 7.18. The number of hydrogen-bond acceptors (Lipinski definition) is 2. The van der Waals surface area contributed by atoms with Crippen molar-refractivity contribution in [2.45, 2.75) is 0 Å². The van der Waals surface area contributed by atoms with Gasteiger partial charge >= 0.3 is 0 Å². The van der Waals surface area contributed by atoms with Crippen molar-refractivity contribution in [1.29, 1.82) is 0 Å². The Hall–Kier alpha value is -6.90. The molecule has 2 heteroatoms. The van der Waals surface area contributed by atoms with Gasteiger partial charge in [-0.3, -0.25) is 0 Å². The minimum atomic E-state index is 0.876. The maximum Gasteiger partial charge on any atom is 0.135 e. The zero-order valence-electron chi connectivity index (χ0n) is 28.4. The summed E-state index contributed by atoms with van der Waals surface area (Å²) in [5.41, 5.74) is 10.0. The van der Waals surface area contributed by atoms with E-state index in [0.717, 1.165) is 50.5 Å². The third kappa shape index (κ3) is 5.21. The number of furan rings is 1. The number of rotatable bonds is 6. The van der Waals surface area contributed by atoms with Crippen molar-refractivity contribution in [3.63, 3.8) is 0 Å². The first-order valence-electron chi connectivity index (χ1n) is 17.8. The molecule has 10 aromatic rings. The Balaban J connectivity index is 1.09. The van der Waals surface area contributed by atoms with Crippen LogP contribution in [0.1, 0.15) is 0 Å². The number of hydrogen-bond donors (Lipinski definition) is 0. The van der Waals surface area contributed by atoms with E-state index in [2.05, 4.69) is 187 Å². The molecule has 10 rings (SSSR count). The Labute approximate surface area is 302 Å². The third-order valence-electron chi connectivity index (χ3n) is 10.2. The highest BCUT2D eigenvalue weighted by atomic mass is 16.3. The molecule has 0 aliphatic carbocycles. The molecule has 0 aliphatic rings. The van der Waals surface area contributed by atoms with E-state index in [1.54, 1.807) is 0 Å². The summed E-state index contributed by atoms with van der Waals surface area (Å²) in [5.74, 6) is 0.876. The number of benzene rings is 9. The molecule has 244 valence electrons. The SMILES string of the molecule is c1cc(-c2ccc(N(c3ccc(-c4cccc5ccccc45)cc3)c3cc4ccccc4c4ccccc34)cc2)cc(-c2cc3ccccc3o2)c1. The Morgan fingerprint density at radius 2 is 0.904 bits per heavy atom. The first kappa shape index (κ1) is 30.0. The monoisotopic (exact) mass is 663 g/mol. The predicted molar refractivity (Wildman–Crippen MR) is 220 cm³/mol. The maximum absolute atomic E-state index is 6.21. The maximum atomic E-state index is 6.21. The molecule has 9 aromatic carbocycles. The van der Waals surface area contributed by atoms with Gasteiger partial charge in [0, 0.05) is 27.7 Å². The van der Waals surface area contributed by atoms with Crippen LogP contribution in [0.15, 0.2) is 205 Å². The number of nitrogens with zero attached hydrogens (tertiary/aromatic N) is 1. The molecule has 0 saturated heterocycles. The zero-order valence-corrected chi connectivity index (χ0v) is 28.4. The van der Waals surface area contributed by atoms with Crippen molar-refractivity contribution in [1.82, 2.24) is 0 Å². The molecule has 1 heterocycles. The van der Waals surface area contributed by atoms with Crippen LogP contribution in [0.25, 0.3) is 76.9 Å². The summed E-state index contributed by atoms with van der Waals surface area (Å²) >= 11 is 0. The molecular weight excluding hydrogens is 631 g/mol. The highest BCUT2D eigenvalue weighted by Gasteiger charge is 2.18. The lowest BCUT2D eigenvalue weighted by molar-refractivity contribution is 0.631. The molecule has 0 fully saturated rings. The summed E-state index contributed by atoms with van der Waals surface area (Å²) < 4.78 is 6.21. The second-order valence-electron chi connectivity index (χ2n) is 13.3. The first-order chi connectivity index (χ1) is 25.8. The van der Waals surface area contributed by atoms with Crippen LogP contribution >= 0.6 is 0 Å². The quantitative estimate of drug-likeness (QED) is 0.165. The van der Waals surface area contributed by atoms with Gasteiger partial charge in [0.2, 0.25) is 0 Å². The van der Waals surface area contributed by atoms with Gasteiger partial charge in [-0.15, -0.1) is 0 Å². The molecule has 2 nitrogen and oxygen atoms in total. The van der Waals surface area contributed by atoms with Crippen LogP contribution in [0.4, 0.5) is 17.1 Å². The molecule has 0 radical (unpaired) electrons. The molecule has 0 N–H and O–H groups in total. The summed E-state index contributed by atoms with van der Waals surface area (Å²) in [5, 5.41) is 8.54. The van der Waals surface area contributed by atoms with Crippen LogP contribution in [0.2, 0.25) is 0 Å². The van der Waals surface area contributed by atoms with Gasteiger partial charge in [-0.2, -0.15) is 0 Å². The van der Waals surface area contributed by atoms with Crippen LogP contribution in [0.3, 0.4) is 0 Å². The van der Waals surface area contributed by atoms with Gasteiger partial charge < -0.3 is 9.32 Å². The molecule has 0 bridgehead atoms. The fraction of sp³-hybridized carbons (Fsp3) is 0. The Bertz CT molecular complexity index is 2860. The first-order valence-corrected chi connectivity index (χ1v) is 17.8. The van der Waals surface area contributed by atoms with Gasteiger partial charge in [-0.1, -0.05) is 152 Å². The fourth-order valence-corrected chi connectivity index (χ4v) is 7.69. The molecule has 0 unspecified atom stereocenters. The van der Waals surface area contributed by atoms with E-state index >= 15 is 0 Å². The van der Waals surface area contributed by atoms with E-state index in [1.165, 1.54) is 43.4 Å². The van der Waals surface area contributed by atoms with E-state index in [0.29, 0.717) is 0 Å². The molecule has 0 aliphatic heterocycles. The van der Waals surface area contributed by atoms with E-state index in [-0.39, 0.29) is 0 Å². The van der Waals surface area contributed by atoms with E-state index in [9.17, 15) is 0 Å². The average Bonchev–Trinajstić information content (AvgIpc) is 3.66. The number of anilines is 3. The molecular formula is C50H33NO. The summed E-state index contributed by atoms with van der Waals surface area (Å²) in [6.07, 6.45) is 0. The lowest BCUT2D eigenvalue weighted by Crippen LogP contribution is -2.10. The Morgan fingerprint density at radius 3 is 1.67 bits per heavy atom. The van der Waals surface area contributed by atoms with Crippen molar-refractivity contribution >= 4 is 60.3 Å². The van der Waals surface area contributed by atoms with Gasteiger partial charge in [-0.25, -0.2) is 0 Å². The van der Waals surface area contributed by atoms with Gasteiger partial charge in [0.15, 0.2) is 0 Å². The van der Waals surface area contributed by atoms with Gasteiger partial charge in [-0.05, 0) is 97.7 Å². The van der Waals surface area contributed by atoms with Crippen LogP contribution in [0.5, 0.6) is 0 Å². The minimum absolute atomic E-state index is 0.876. The molecule has 0 amide bonds. The summed E-state index contributed by atoms with van der Waals surface area (Å²) in [6, 6.07) is 71.8. The van der Waals surface area contributed by atoms with Crippen LogP contribution in [0, 0.1) is 0 Å². The van der Waals surface area contributed by atoms with Crippen molar-refractivity contribution in [2.75, 3.05) is 4.90 Å². The van der Waals surface area contributed by atoms with E-state index in [1.807, 2.05) is 18.2 Å². The van der Waals surface area contributed by atoms with Crippen molar-refractivity contribution in [3.05, 3.63) is 200 Å². The Morgan fingerprint density at radius 1 is 0.327 bits per heavy atom. The van der Waals surface area contributed by atoms with Crippen LogP contribution in [-0.4, -0.2) is 0 Å². The highest BCUT2D eigenvalue weighted by molar-refractivity contribution is 6.14. The summed E-state index contributed by atoms with van der Waals surface area (Å²) in [7, 11) is 0. The predicted octanol–water partition coefficient (Wildman–Crippen LogP) is 14.4. The number of para-hydroxylation sites is 1. The largest absolute Gasteiger partial charge is 0.456 e. The molecule has 52 heavy (non-hydrogen) atoms. The van der Waals surface area contributed by atoms with Gasteiger partial charge in [0.1, 0.15) is 11.3 Å². The smallest absolute Gasteiger partial charge is 0.135 e. The minimum Gasteiger partial charge on any atom is -0.456 e. The highest BCUT2D eigenvalue weighted by Crippen LogP contribution is 2.43. The van der Waals surface area contributed by atoms with Gasteiger partial charge in [0.05, 0.1) is 5.69 Å². The molecule has 0 atom stereocenters. The van der Waals surface area contributed by atoms with Crippen LogP contribution in [-0.2, 0) is 0 Å². The number of fused-ring (bicyclic) bond motifs is 5. The van der Waals surface area contributed by atoms with E-state index in [4.69, 9.17) is 4.42 Å². The normalized spacial score (nSPS) is 11.5. The zero-order chi connectivity index (χ0) is 34.4. The third-order valence-corrected chi connectivity index (χ3v) is 10.2. The van der Waals surface area contributed by atoms with Crippen molar-refractivity contribution < 1.29 is 4.42 Å².